The molecule has 0 aliphatic heterocycles. The summed E-state index contributed by atoms with van der Waals surface area (Å²) >= 11 is 4.66. The Kier molecular flexibility index (Phi) is 6.58. The van der Waals surface area contributed by atoms with E-state index in [9.17, 15) is 14.9 Å². The molecule has 0 unspecified atom stereocenters. The predicted octanol–water partition coefficient (Wildman–Crippen LogP) is 5.91. The zero-order valence-electron chi connectivity index (χ0n) is 16.5. The molecule has 4 aromatic rings. The average molecular weight is 510 g/mol. The van der Waals surface area contributed by atoms with Gasteiger partial charge in [0.15, 0.2) is 0 Å². The number of amides is 1. The number of benzene rings is 3. The number of nitrogens with zero attached hydrogens (tertiary/aromatic N) is 2. The smallest absolute Gasteiger partial charge is 0.281 e. The van der Waals surface area contributed by atoms with Crippen molar-refractivity contribution in [2.45, 2.75) is 6.61 Å². The number of nitro benzene ring substituents is 1. The Morgan fingerprint density at radius 3 is 2.56 bits per heavy atom. The van der Waals surface area contributed by atoms with Crippen LogP contribution in [0.2, 0.25) is 0 Å². The molecule has 0 atom stereocenters. The van der Waals surface area contributed by atoms with E-state index in [1.807, 2.05) is 48.5 Å². The van der Waals surface area contributed by atoms with Crippen LogP contribution in [0.5, 0.6) is 5.75 Å². The van der Waals surface area contributed by atoms with Crippen LogP contribution < -0.4 is 10.2 Å². The molecule has 3 aromatic carbocycles. The number of carbonyl (C=O) groups excluding carboxylic acids is 1. The van der Waals surface area contributed by atoms with Crippen molar-refractivity contribution >= 4 is 55.2 Å². The molecule has 1 amide bonds. The van der Waals surface area contributed by atoms with Crippen molar-refractivity contribution in [2.24, 2.45) is 5.10 Å². The quantitative estimate of drug-likeness (QED) is 0.190. The molecule has 0 radical (unpaired) electrons. The summed E-state index contributed by atoms with van der Waals surface area (Å²) in [6, 6.07) is 21.4. The number of hydrogen-bond acceptors (Lipinski definition) is 6. The van der Waals surface area contributed by atoms with E-state index in [0.717, 1.165) is 26.0 Å². The van der Waals surface area contributed by atoms with E-state index in [4.69, 9.17) is 4.74 Å². The van der Waals surface area contributed by atoms with Crippen LogP contribution in [-0.2, 0) is 6.61 Å². The fourth-order valence-electron chi connectivity index (χ4n) is 2.87. The molecule has 1 heterocycles. The maximum atomic E-state index is 12.3. The van der Waals surface area contributed by atoms with Crippen molar-refractivity contribution in [3.8, 4) is 5.75 Å². The average Bonchev–Trinajstić information content (AvgIpc) is 3.23. The number of non-ortho nitro benzene ring substituents is 1. The highest BCUT2D eigenvalue weighted by Crippen LogP contribution is 2.28. The second kappa shape index (κ2) is 9.71. The molecule has 9 heteroatoms. The summed E-state index contributed by atoms with van der Waals surface area (Å²) in [4.78, 5) is 23.2. The Bertz CT molecular complexity index is 1300. The van der Waals surface area contributed by atoms with Crippen LogP contribution in [-0.4, -0.2) is 17.0 Å². The molecular weight excluding hydrogens is 494 g/mol. The van der Waals surface area contributed by atoms with Crippen molar-refractivity contribution in [2.75, 3.05) is 0 Å². The molecule has 0 fully saturated rings. The maximum Gasteiger partial charge on any atom is 0.281 e. The first-order valence-corrected chi connectivity index (χ1v) is 11.1. The van der Waals surface area contributed by atoms with Crippen molar-refractivity contribution in [3.05, 3.63) is 103 Å². The Labute approximate surface area is 195 Å². The first-order chi connectivity index (χ1) is 15.5. The number of carbonyl (C=O) groups is 1. The second-order valence-corrected chi connectivity index (χ2v) is 8.77. The first kappa shape index (κ1) is 21.7. The normalized spacial score (nSPS) is 11.0. The second-order valence-electron chi connectivity index (χ2n) is 6.77. The first-order valence-electron chi connectivity index (χ1n) is 9.47. The number of hydrazone groups is 1. The third-order valence-corrected chi connectivity index (χ3v) is 6.16. The van der Waals surface area contributed by atoms with Crippen LogP contribution in [0.25, 0.3) is 10.1 Å². The van der Waals surface area contributed by atoms with Gasteiger partial charge in [-0.1, -0.05) is 28.1 Å². The maximum absolute atomic E-state index is 12.3. The Morgan fingerprint density at radius 1 is 1.09 bits per heavy atom. The number of rotatable bonds is 7. The third kappa shape index (κ3) is 5.37. The highest BCUT2D eigenvalue weighted by molar-refractivity contribution is 9.10. The van der Waals surface area contributed by atoms with Crippen LogP contribution in [0.4, 0.5) is 5.69 Å². The lowest BCUT2D eigenvalue weighted by Crippen LogP contribution is -2.16. The standard InChI is InChI=1S/C23H16BrN3O4S/c24-18-5-1-16(2-6-18)14-31-20-8-3-15(4-9-20)13-25-26-23(28)22-12-17-11-19(27(29)30)7-10-21(17)32-22/h1-13H,14H2,(H,26,28)/b25-13-. The summed E-state index contributed by atoms with van der Waals surface area (Å²) in [6.07, 6.45) is 1.54. The van der Waals surface area contributed by atoms with Crippen molar-refractivity contribution in [1.29, 1.82) is 0 Å². The fraction of sp³-hybridized carbons (Fsp3) is 0.0435. The van der Waals surface area contributed by atoms with Gasteiger partial charge >= 0.3 is 0 Å². The van der Waals surface area contributed by atoms with Crippen LogP contribution in [0, 0.1) is 10.1 Å². The van der Waals surface area contributed by atoms with E-state index >= 15 is 0 Å². The van der Waals surface area contributed by atoms with Gasteiger partial charge in [0.2, 0.25) is 0 Å². The van der Waals surface area contributed by atoms with Gasteiger partial charge in [0.05, 0.1) is 16.0 Å². The topological polar surface area (TPSA) is 93.8 Å². The SMILES string of the molecule is O=C(N/N=C\c1ccc(OCc2ccc(Br)cc2)cc1)c1cc2cc([N+](=O)[O-])ccc2s1. The van der Waals surface area contributed by atoms with Crippen LogP contribution in [0.15, 0.2) is 82.4 Å². The monoisotopic (exact) mass is 509 g/mol. The lowest BCUT2D eigenvalue weighted by molar-refractivity contribution is -0.384. The number of halogens is 1. The van der Waals surface area contributed by atoms with E-state index in [1.165, 1.54) is 29.7 Å². The van der Waals surface area contributed by atoms with Gasteiger partial charge in [0.25, 0.3) is 11.6 Å². The Hall–Kier alpha value is -3.56. The molecule has 0 aliphatic carbocycles. The van der Waals surface area contributed by atoms with Gasteiger partial charge in [0, 0.05) is 26.7 Å². The van der Waals surface area contributed by atoms with Gasteiger partial charge < -0.3 is 4.74 Å². The minimum atomic E-state index is -0.460. The molecule has 4 rings (SSSR count). The fourth-order valence-corrected chi connectivity index (χ4v) is 4.07. The molecule has 160 valence electrons. The minimum Gasteiger partial charge on any atom is -0.489 e. The summed E-state index contributed by atoms with van der Waals surface area (Å²) < 4.78 is 7.59. The number of nitrogens with one attached hydrogen (secondary N) is 1. The van der Waals surface area contributed by atoms with Crippen molar-refractivity contribution in [1.82, 2.24) is 5.43 Å². The number of hydrogen-bond donors (Lipinski definition) is 1. The van der Waals surface area contributed by atoms with Crippen molar-refractivity contribution in [3.63, 3.8) is 0 Å². The molecule has 32 heavy (non-hydrogen) atoms. The van der Waals surface area contributed by atoms with E-state index in [0.29, 0.717) is 16.9 Å². The number of thiophene rings is 1. The van der Waals surface area contributed by atoms with Gasteiger partial charge in [-0.15, -0.1) is 11.3 Å². The lowest BCUT2D eigenvalue weighted by atomic mass is 10.2. The largest absolute Gasteiger partial charge is 0.489 e. The molecule has 0 spiro atoms. The summed E-state index contributed by atoms with van der Waals surface area (Å²) in [6.45, 7) is 0.467. The highest BCUT2D eigenvalue weighted by atomic mass is 79.9. The number of ether oxygens (including phenoxy) is 1. The van der Waals surface area contributed by atoms with Crippen LogP contribution in [0.3, 0.4) is 0 Å². The third-order valence-electron chi connectivity index (χ3n) is 4.51. The molecule has 0 bridgehead atoms. The van der Waals surface area contributed by atoms with Gasteiger partial charge in [0.1, 0.15) is 12.4 Å². The van der Waals surface area contributed by atoms with Gasteiger partial charge in [-0.25, -0.2) is 5.43 Å². The molecule has 7 nitrogen and oxygen atoms in total. The zero-order chi connectivity index (χ0) is 22.5. The number of fused-ring (bicyclic) bond motifs is 1. The summed E-state index contributed by atoms with van der Waals surface area (Å²) in [5.74, 6) is 0.355. The van der Waals surface area contributed by atoms with Crippen LogP contribution in [0.1, 0.15) is 20.8 Å². The molecule has 1 N–H and O–H groups in total. The summed E-state index contributed by atoms with van der Waals surface area (Å²) in [5, 5.41) is 15.5. The van der Waals surface area contributed by atoms with Gasteiger partial charge in [-0.05, 0) is 59.7 Å². The molecular formula is C23H16BrN3O4S. The van der Waals surface area contributed by atoms with E-state index < -0.39 is 4.92 Å². The predicted molar refractivity (Wildman–Crippen MR) is 128 cm³/mol. The Balaban J connectivity index is 1.33. The van der Waals surface area contributed by atoms with Crippen molar-refractivity contribution < 1.29 is 14.5 Å². The molecule has 1 aromatic heterocycles. The van der Waals surface area contributed by atoms with Gasteiger partial charge in [-0.2, -0.15) is 5.10 Å². The molecule has 0 saturated carbocycles. The summed E-state index contributed by atoms with van der Waals surface area (Å²) in [7, 11) is 0. The Morgan fingerprint density at radius 2 is 1.84 bits per heavy atom. The van der Waals surface area contributed by atoms with Crippen LogP contribution >= 0.6 is 27.3 Å². The highest BCUT2D eigenvalue weighted by Gasteiger charge is 2.12. The van der Waals surface area contributed by atoms with Gasteiger partial charge in [-0.3, -0.25) is 14.9 Å². The minimum absolute atomic E-state index is 0.00968. The zero-order valence-corrected chi connectivity index (χ0v) is 18.9. The number of nitro groups is 1. The van der Waals surface area contributed by atoms with E-state index in [-0.39, 0.29) is 11.6 Å². The van der Waals surface area contributed by atoms with E-state index in [2.05, 4.69) is 26.5 Å². The van der Waals surface area contributed by atoms with E-state index in [1.54, 1.807) is 12.1 Å². The molecule has 0 aliphatic rings. The lowest BCUT2D eigenvalue weighted by Gasteiger charge is -2.06. The summed E-state index contributed by atoms with van der Waals surface area (Å²) in [5.41, 5.74) is 4.34. The molecule has 0 saturated heterocycles.